The Morgan fingerprint density at radius 3 is 2.67 bits per heavy atom. The highest BCUT2D eigenvalue weighted by atomic mass is 16.9. The zero-order chi connectivity index (χ0) is 28.9. The molecule has 0 radical (unpaired) electrons. The van der Waals surface area contributed by atoms with Gasteiger partial charge in [-0.2, -0.15) is 0 Å². The zero-order valence-corrected chi connectivity index (χ0v) is 23.1. The second-order valence-electron chi connectivity index (χ2n) is 10.7. The minimum Gasteiger partial charge on any atom is -0.458 e. The monoisotopic (exact) mass is 558 g/mol. The molecule has 40 heavy (non-hydrogen) atoms. The summed E-state index contributed by atoms with van der Waals surface area (Å²) in [6, 6.07) is 9.84. The highest BCUT2D eigenvalue weighted by molar-refractivity contribution is 5.76. The number of nitrogens with zero attached hydrogens (tertiary/aromatic N) is 1. The van der Waals surface area contributed by atoms with Crippen molar-refractivity contribution in [2.24, 2.45) is 23.7 Å². The van der Waals surface area contributed by atoms with Crippen LogP contribution in [-0.4, -0.2) is 58.6 Å². The van der Waals surface area contributed by atoms with Crippen molar-refractivity contribution < 1.29 is 34.5 Å². The van der Waals surface area contributed by atoms with Crippen molar-refractivity contribution in [3.63, 3.8) is 0 Å². The maximum absolute atomic E-state index is 12.8. The third-order valence-electron chi connectivity index (χ3n) is 7.63. The van der Waals surface area contributed by atoms with Gasteiger partial charge in [-0.25, -0.2) is 0 Å². The van der Waals surface area contributed by atoms with Crippen molar-refractivity contribution >= 4 is 11.9 Å². The van der Waals surface area contributed by atoms with Crippen LogP contribution in [0.2, 0.25) is 0 Å². The van der Waals surface area contributed by atoms with Crippen molar-refractivity contribution in [3.05, 3.63) is 70.3 Å². The molecular formula is C30H42N2O8. The van der Waals surface area contributed by atoms with Crippen LogP contribution in [0.4, 0.5) is 0 Å². The van der Waals surface area contributed by atoms with Crippen LogP contribution in [0.5, 0.6) is 0 Å². The Kier molecular flexibility index (Phi) is 12.6. The molecule has 220 valence electrons. The van der Waals surface area contributed by atoms with Crippen LogP contribution in [0.1, 0.15) is 57.4 Å². The molecule has 3 rings (SSSR count). The number of carbonyl (C=O) groups excluding carboxylic acids is 2. The summed E-state index contributed by atoms with van der Waals surface area (Å²) in [5.41, 5.74) is 1.10. The molecule has 2 saturated carbocycles. The van der Waals surface area contributed by atoms with Gasteiger partial charge in [0.1, 0.15) is 12.7 Å². The van der Waals surface area contributed by atoms with Crippen molar-refractivity contribution in [2.45, 2.75) is 76.6 Å². The number of allylic oxidation sites excluding steroid dienone is 2. The lowest BCUT2D eigenvalue weighted by molar-refractivity contribution is -0.758. The fourth-order valence-electron chi connectivity index (χ4n) is 5.26. The molecule has 2 aliphatic rings. The molecule has 0 heterocycles. The fourth-order valence-corrected chi connectivity index (χ4v) is 5.26. The highest BCUT2D eigenvalue weighted by Crippen LogP contribution is 2.40. The molecule has 10 heteroatoms. The Morgan fingerprint density at radius 2 is 1.95 bits per heavy atom. The van der Waals surface area contributed by atoms with Gasteiger partial charge >= 0.3 is 5.97 Å². The number of rotatable bonds is 17. The molecule has 0 spiro atoms. The minimum atomic E-state index is -0.856. The van der Waals surface area contributed by atoms with Gasteiger partial charge in [-0.05, 0) is 68.9 Å². The number of carbonyl (C=O) groups is 2. The molecule has 1 aromatic carbocycles. The van der Waals surface area contributed by atoms with E-state index in [1.165, 1.54) is 0 Å². The predicted molar refractivity (Wildman–Crippen MR) is 148 cm³/mol. The summed E-state index contributed by atoms with van der Waals surface area (Å²) in [4.78, 5) is 39.2. The van der Waals surface area contributed by atoms with Crippen LogP contribution in [0.25, 0.3) is 0 Å². The molecule has 1 unspecified atom stereocenters. The molecule has 7 atom stereocenters. The molecule has 2 aliphatic carbocycles. The summed E-state index contributed by atoms with van der Waals surface area (Å²) in [6.45, 7) is 2.39. The average molecular weight is 559 g/mol. The first-order valence-electron chi connectivity index (χ1n) is 14.3. The smallest absolute Gasteiger partial charge is 0.309 e. The van der Waals surface area contributed by atoms with E-state index < -0.39 is 35.3 Å². The Morgan fingerprint density at radius 1 is 1.18 bits per heavy atom. The van der Waals surface area contributed by atoms with Gasteiger partial charge < -0.3 is 25.1 Å². The van der Waals surface area contributed by atoms with E-state index in [0.29, 0.717) is 38.6 Å². The van der Waals surface area contributed by atoms with E-state index in [9.17, 15) is 29.9 Å². The van der Waals surface area contributed by atoms with Gasteiger partial charge in [0, 0.05) is 25.3 Å². The van der Waals surface area contributed by atoms with Gasteiger partial charge in [0.15, 0.2) is 0 Å². The van der Waals surface area contributed by atoms with E-state index in [4.69, 9.17) is 4.74 Å². The summed E-state index contributed by atoms with van der Waals surface area (Å²) in [5, 5.41) is 33.6. The highest BCUT2D eigenvalue weighted by Gasteiger charge is 2.45. The molecular weight excluding hydrogens is 516 g/mol. The van der Waals surface area contributed by atoms with Crippen molar-refractivity contribution in [1.29, 1.82) is 0 Å². The normalized spacial score (nSPS) is 26.6. The predicted octanol–water partition coefficient (Wildman–Crippen LogP) is 3.54. The maximum atomic E-state index is 12.8. The Balaban J connectivity index is 1.58. The average Bonchev–Trinajstić information content (AvgIpc) is 3.66. The summed E-state index contributed by atoms with van der Waals surface area (Å²) in [5.74, 6) is -1.48. The number of hydrogen-bond donors (Lipinski definition) is 3. The van der Waals surface area contributed by atoms with E-state index in [2.05, 4.69) is 10.2 Å². The molecule has 0 bridgehead atoms. The molecule has 2 fully saturated rings. The largest absolute Gasteiger partial charge is 0.458 e. The van der Waals surface area contributed by atoms with E-state index in [0.717, 1.165) is 18.4 Å². The van der Waals surface area contributed by atoms with E-state index in [-0.39, 0.29) is 36.7 Å². The summed E-state index contributed by atoms with van der Waals surface area (Å²) in [7, 11) is 0. The number of hydrogen-bond acceptors (Lipinski definition) is 8. The van der Waals surface area contributed by atoms with E-state index in [1.54, 1.807) is 6.08 Å². The van der Waals surface area contributed by atoms with Crippen LogP contribution in [0.15, 0.2) is 54.6 Å². The lowest BCUT2D eigenvalue weighted by Crippen LogP contribution is -2.22. The number of benzene rings is 1. The summed E-state index contributed by atoms with van der Waals surface area (Å²) >= 11 is 0. The van der Waals surface area contributed by atoms with Crippen LogP contribution < -0.4 is 5.32 Å². The Hall–Kier alpha value is -3.24. The van der Waals surface area contributed by atoms with E-state index >= 15 is 0 Å². The lowest BCUT2D eigenvalue weighted by atomic mass is 9.89. The van der Waals surface area contributed by atoms with Crippen molar-refractivity contribution in [3.8, 4) is 0 Å². The fraction of sp³-hybridized carbons (Fsp3) is 0.600. The van der Waals surface area contributed by atoms with Gasteiger partial charge in [0.25, 0.3) is 5.09 Å². The first kappa shape index (κ1) is 31.3. The molecule has 0 aromatic heterocycles. The van der Waals surface area contributed by atoms with Gasteiger partial charge in [-0.1, -0.05) is 48.6 Å². The number of aliphatic hydroxyl groups excluding tert-OH is 2. The van der Waals surface area contributed by atoms with E-state index in [1.807, 2.05) is 55.5 Å². The van der Waals surface area contributed by atoms with Gasteiger partial charge in [-0.15, -0.1) is 10.1 Å². The van der Waals surface area contributed by atoms with Crippen molar-refractivity contribution in [2.75, 3.05) is 13.2 Å². The van der Waals surface area contributed by atoms with Crippen LogP contribution in [0, 0.1) is 33.8 Å². The molecule has 1 aromatic rings. The topological polar surface area (TPSA) is 148 Å². The number of aliphatic hydroxyl groups is 2. The number of ether oxygens (including phenoxy) is 1. The molecule has 0 aliphatic heterocycles. The third kappa shape index (κ3) is 10.4. The number of nitrogens with one attached hydrogen (secondary N) is 1. The lowest BCUT2D eigenvalue weighted by Gasteiger charge is -2.21. The summed E-state index contributed by atoms with van der Waals surface area (Å²) < 4.78 is 5.81. The molecule has 10 nitrogen and oxygen atoms in total. The van der Waals surface area contributed by atoms with Crippen molar-refractivity contribution in [1.82, 2.24) is 5.32 Å². The third-order valence-corrected chi connectivity index (χ3v) is 7.63. The van der Waals surface area contributed by atoms with Gasteiger partial charge in [0.2, 0.25) is 5.91 Å². The standard InChI is InChI=1S/C30H42N2O8/c1-2-31-29(35)13-9-4-3-8-12-24-25(28(34)19-27(24)33)17-16-23(15-14-21-10-6-5-7-11-21)40-30(36)26-18-22(26)20-39-32(37)38/h3,5-8,10-11,16-17,22-28,33-34H,2,4,9,12-15,18-20H2,1H3,(H,31,35)/b8-3-,17-16+/t22?,23-,24+,25+,26-,27-,28+/m0/s1. The first-order valence-corrected chi connectivity index (χ1v) is 14.3. The number of aryl methyl sites for hydroxylation is 1. The Bertz CT molecular complexity index is 1010. The minimum absolute atomic E-state index is 0.0417. The maximum Gasteiger partial charge on any atom is 0.309 e. The van der Waals surface area contributed by atoms with Gasteiger partial charge in [-0.3, -0.25) is 9.59 Å². The zero-order valence-electron chi connectivity index (χ0n) is 23.1. The van der Waals surface area contributed by atoms with Crippen LogP contribution in [0.3, 0.4) is 0 Å². The molecule has 3 N–H and O–H groups in total. The number of esters is 1. The SMILES string of the molecule is CCNC(=O)CCC/C=C\C[C@@H]1[C@@H](/C=C/[C@H](CCc2ccccc2)OC(=O)[C@H]2CC2CO[N+](=O)[O-])[C@H](O)C[C@@H]1O. The van der Waals surface area contributed by atoms with Gasteiger partial charge in [0.05, 0.1) is 18.1 Å². The molecule has 1 amide bonds. The second kappa shape index (κ2) is 16.1. The summed E-state index contributed by atoms with van der Waals surface area (Å²) in [6.07, 6.45) is 10.3. The van der Waals surface area contributed by atoms with Crippen LogP contribution >= 0.6 is 0 Å². The first-order chi connectivity index (χ1) is 19.3. The Labute approximate surface area is 235 Å². The quantitative estimate of drug-likeness (QED) is 0.0865. The number of unbranched alkanes of at least 4 members (excludes halogenated alkanes) is 1. The van der Waals surface area contributed by atoms with Crippen LogP contribution in [-0.2, 0) is 25.6 Å². The second-order valence-corrected chi connectivity index (χ2v) is 10.7. The molecule has 0 saturated heterocycles. The number of amides is 1.